The average molecular weight is 381 g/mol. The lowest BCUT2D eigenvalue weighted by atomic mass is 9.90. The minimum absolute atomic E-state index is 0.413. The monoisotopic (exact) mass is 381 g/mol. The van der Waals surface area contributed by atoms with Crippen molar-refractivity contribution < 1.29 is 13.2 Å². The topological polar surface area (TPSA) is 46.8 Å². The maximum absolute atomic E-state index is 13.1. The van der Waals surface area contributed by atoms with E-state index in [9.17, 15) is 13.2 Å². The molecule has 1 aromatic heterocycles. The highest BCUT2D eigenvalue weighted by Crippen LogP contribution is 2.33. The quantitative estimate of drug-likeness (QED) is 0.733. The van der Waals surface area contributed by atoms with E-state index in [1.165, 1.54) is 12.1 Å². The van der Waals surface area contributed by atoms with Crippen LogP contribution in [0.5, 0.6) is 0 Å². The van der Waals surface area contributed by atoms with Crippen LogP contribution in [0, 0.1) is 12.8 Å². The SMILES string of the molecule is Cc1nnnn1CCCN1CCCC(CCc2ccccc2C(F)(F)F)C1. The predicted molar refractivity (Wildman–Crippen MR) is 96.1 cm³/mol. The number of rotatable bonds is 7. The molecular weight excluding hydrogens is 355 g/mol. The normalized spacial score (nSPS) is 18.7. The number of hydrogen-bond donors (Lipinski definition) is 0. The fraction of sp³-hybridized carbons (Fsp3) is 0.632. The van der Waals surface area contributed by atoms with Crippen LogP contribution in [-0.4, -0.2) is 44.7 Å². The van der Waals surface area contributed by atoms with E-state index in [1.807, 2.05) is 6.92 Å². The van der Waals surface area contributed by atoms with Crippen molar-refractivity contribution >= 4 is 0 Å². The lowest BCUT2D eigenvalue weighted by Gasteiger charge is -2.33. The van der Waals surface area contributed by atoms with Gasteiger partial charge < -0.3 is 4.90 Å². The molecule has 1 saturated heterocycles. The number of alkyl halides is 3. The molecule has 0 amide bonds. The predicted octanol–water partition coefficient (Wildman–Crippen LogP) is 3.74. The van der Waals surface area contributed by atoms with Crippen LogP contribution in [-0.2, 0) is 19.1 Å². The van der Waals surface area contributed by atoms with Gasteiger partial charge in [-0.2, -0.15) is 13.2 Å². The number of hydrogen-bond acceptors (Lipinski definition) is 4. The number of likely N-dealkylation sites (tertiary alicyclic amines) is 1. The lowest BCUT2D eigenvalue weighted by Crippen LogP contribution is -2.36. The first-order valence-corrected chi connectivity index (χ1v) is 9.53. The Balaban J connectivity index is 1.47. The number of tetrazole rings is 1. The third-order valence-corrected chi connectivity index (χ3v) is 5.30. The molecule has 148 valence electrons. The molecule has 8 heteroatoms. The third-order valence-electron chi connectivity index (χ3n) is 5.30. The van der Waals surface area contributed by atoms with Crippen LogP contribution >= 0.6 is 0 Å². The Morgan fingerprint density at radius 2 is 2.00 bits per heavy atom. The van der Waals surface area contributed by atoms with E-state index in [2.05, 4.69) is 20.4 Å². The number of aromatic nitrogens is 4. The molecule has 0 N–H and O–H groups in total. The van der Waals surface area contributed by atoms with Crippen LogP contribution in [0.3, 0.4) is 0 Å². The van der Waals surface area contributed by atoms with E-state index in [0.717, 1.165) is 57.7 Å². The van der Waals surface area contributed by atoms with Crippen molar-refractivity contribution in [3.05, 3.63) is 41.2 Å². The summed E-state index contributed by atoms with van der Waals surface area (Å²) in [5.41, 5.74) is -0.0780. The van der Waals surface area contributed by atoms with Crippen molar-refractivity contribution in [3.8, 4) is 0 Å². The van der Waals surface area contributed by atoms with Crippen LogP contribution in [0.4, 0.5) is 13.2 Å². The van der Waals surface area contributed by atoms with Crippen LogP contribution in [0.2, 0.25) is 0 Å². The van der Waals surface area contributed by atoms with Gasteiger partial charge in [0, 0.05) is 13.1 Å². The number of benzene rings is 1. The lowest BCUT2D eigenvalue weighted by molar-refractivity contribution is -0.138. The molecule has 0 spiro atoms. The Morgan fingerprint density at radius 1 is 1.19 bits per heavy atom. The van der Waals surface area contributed by atoms with Gasteiger partial charge in [-0.1, -0.05) is 18.2 Å². The zero-order chi connectivity index (χ0) is 19.3. The number of halogens is 3. The molecule has 2 aromatic rings. The molecule has 3 rings (SSSR count). The molecule has 1 aromatic carbocycles. The van der Waals surface area contributed by atoms with Gasteiger partial charge in [0.15, 0.2) is 0 Å². The van der Waals surface area contributed by atoms with E-state index in [-0.39, 0.29) is 0 Å². The molecule has 0 radical (unpaired) electrons. The van der Waals surface area contributed by atoms with Gasteiger partial charge in [0.2, 0.25) is 0 Å². The summed E-state index contributed by atoms with van der Waals surface area (Å²) in [6, 6.07) is 5.95. The Labute approximate surface area is 157 Å². The summed E-state index contributed by atoms with van der Waals surface area (Å²) in [5.74, 6) is 1.27. The molecule has 0 aliphatic carbocycles. The molecule has 2 heterocycles. The van der Waals surface area contributed by atoms with Crippen molar-refractivity contribution in [3.63, 3.8) is 0 Å². The fourth-order valence-electron chi connectivity index (χ4n) is 3.86. The van der Waals surface area contributed by atoms with Gasteiger partial charge in [0.25, 0.3) is 0 Å². The third kappa shape index (κ3) is 5.51. The van der Waals surface area contributed by atoms with Crippen molar-refractivity contribution in [2.45, 2.75) is 51.7 Å². The Hall–Kier alpha value is -1.96. The maximum atomic E-state index is 13.1. The zero-order valence-electron chi connectivity index (χ0n) is 15.6. The smallest absolute Gasteiger partial charge is 0.303 e. The largest absolute Gasteiger partial charge is 0.416 e. The van der Waals surface area contributed by atoms with Gasteiger partial charge in [-0.25, -0.2) is 4.68 Å². The summed E-state index contributed by atoms with van der Waals surface area (Å²) >= 11 is 0. The first-order valence-electron chi connectivity index (χ1n) is 9.53. The van der Waals surface area contributed by atoms with Crippen molar-refractivity contribution in [2.75, 3.05) is 19.6 Å². The second kappa shape index (κ2) is 8.82. The molecule has 5 nitrogen and oxygen atoms in total. The minimum Gasteiger partial charge on any atom is -0.303 e. The molecule has 1 aliphatic heterocycles. The second-order valence-corrected chi connectivity index (χ2v) is 7.31. The average Bonchev–Trinajstić information content (AvgIpc) is 3.05. The Kier molecular flexibility index (Phi) is 6.46. The Bertz CT molecular complexity index is 728. The fourth-order valence-corrected chi connectivity index (χ4v) is 3.86. The van der Waals surface area contributed by atoms with Gasteiger partial charge in [-0.05, 0) is 80.1 Å². The summed E-state index contributed by atoms with van der Waals surface area (Å²) in [6.07, 6.45) is 0.180. The van der Waals surface area contributed by atoms with Gasteiger partial charge in [-0.3, -0.25) is 0 Å². The van der Waals surface area contributed by atoms with E-state index in [4.69, 9.17) is 0 Å². The summed E-state index contributed by atoms with van der Waals surface area (Å²) in [5, 5.41) is 11.5. The first-order chi connectivity index (χ1) is 12.9. The van der Waals surface area contributed by atoms with E-state index in [0.29, 0.717) is 17.9 Å². The van der Waals surface area contributed by atoms with Crippen LogP contribution < -0.4 is 0 Å². The standard InChI is InChI=1S/C19H26F3N5/c1-15-23-24-25-27(15)13-5-12-26-11-4-6-16(14-26)9-10-17-7-2-3-8-18(17)19(20,21)22/h2-3,7-8,16H,4-6,9-14H2,1H3. The van der Waals surface area contributed by atoms with Gasteiger partial charge in [0.1, 0.15) is 5.82 Å². The zero-order valence-corrected chi connectivity index (χ0v) is 15.6. The Morgan fingerprint density at radius 3 is 2.74 bits per heavy atom. The molecule has 27 heavy (non-hydrogen) atoms. The highest BCUT2D eigenvalue weighted by atomic mass is 19.4. The molecule has 1 atom stereocenters. The van der Waals surface area contributed by atoms with Crippen molar-refractivity contribution in [1.29, 1.82) is 0 Å². The maximum Gasteiger partial charge on any atom is 0.416 e. The van der Waals surface area contributed by atoms with Gasteiger partial charge >= 0.3 is 6.18 Å². The molecule has 1 aliphatic rings. The number of nitrogens with zero attached hydrogens (tertiary/aromatic N) is 5. The van der Waals surface area contributed by atoms with Crippen molar-refractivity contribution in [2.24, 2.45) is 5.92 Å². The molecule has 1 unspecified atom stereocenters. The van der Waals surface area contributed by atoms with E-state index in [1.54, 1.807) is 16.8 Å². The molecule has 0 saturated carbocycles. The minimum atomic E-state index is -4.27. The van der Waals surface area contributed by atoms with Crippen molar-refractivity contribution in [1.82, 2.24) is 25.1 Å². The van der Waals surface area contributed by atoms with Crippen LogP contribution in [0.1, 0.15) is 42.6 Å². The highest BCUT2D eigenvalue weighted by Gasteiger charge is 2.33. The number of piperidine rings is 1. The molecule has 1 fully saturated rings. The summed E-state index contributed by atoms with van der Waals surface area (Å²) < 4.78 is 41.2. The number of aryl methyl sites for hydroxylation is 3. The van der Waals surface area contributed by atoms with E-state index < -0.39 is 11.7 Å². The van der Waals surface area contributed by atoms with Gasteiger partial charge in [0.05, 0.1) is 5.56 Å². The molecular formula is C19H26F3N5. The summed E-state index contributed by atoms with van der Waals surface area (Å²) in [6.45, 7) is 5.66. The first kappa shape index (κ1) is 19.8. The summed E-state index contributed by atoms with van der Waals surface area (Å²) in [4.78, 5) is 2.42. The second-order valence-electron chi connectivity index (χ2n) is 7.31. The van der Waals surface area contributed by atoms with Gasteiger partial charge in [-0.15, -0.1) is 5.10 Å². The van der Waals surface area contributed by atoms with Crippen LogP contribution in [0.15, 0.2) is 24.3 Å². The molecule has 0 bridgehead atoms. The van der Waals surface area contributed by atoms with Crippen LogP contribution in [0.25, 0.3) is 0 Å². The van der Waals surface area contributed by atoms with E-state index >= 15 is 0 Å². The highest BCUT2D eigenvalue weighted by molar-refractivity contribution is 5.29. The summed E-state index contributed by atoms with van der Waals surface area (Å²) in [7, 11) is 0.